The first-order valence-corrected chi connectivity index (χ1v) is 11.9. The number of barbiturate groups is 1. The maximum Gasteiger partial charge on any atom is 0.338 e. The van der Waals surface area contributed by atoms with Crippen molar-refractivity contribution in [2.75, 3.05) is 18.6 Å². The van der Waals surface area contributed by atoms with Crippen molar-refractivity contribution >= 4 is 35.6 Å². The number of imide groups is 2. The highest BCUT2D eigenvalue weighted by Gasteiger charge is 2.37. The normalized spacial score (nSPS) is 14.3. The Kier molecular flexibility index (Phi) is 7.86. The average Bonchev–Trinajstić information content (AvgIpc) is 2.90. The van der Waals surface area contributed by atoms with Gasteiger partial charge in [0.2, 0.25) is 0 Å². The maximum absolute atomic E-state index is 13.2. The molecule has 1 saturated heterocycles. The number of ether oxygens (including phenoxy) is 3. The van der Waals surface area contributed by atoms with Gasteiger partial charge < -0.3 is 14.2 Å². The van der Waals surface area contributed by atoms with Crippen LogP contribution in [0.1, 0.15) is 34.0 Å². The first-order valence-electron chi connectivity index (χ1n) is 11.9. The van der Waals surface area contributed by atoms with Crippen LogP contribution in [0.5, 0.6) is 11.5 Å². The highest BCUT2D eigenvalue weighted by atomic mass is 16.5. The molecular weight excluding hydrogens is 488 g/mol. The Bertz CT molecular complexity index is 1430. The molecule has 0 spiro atoms. The summed E-state index contributed by atoms with van der Waals surface area (Å²) in [5.41, 5.74) is 2.84. The second-order valence-electron chi connectivity index (χ2n) is 8.41. The third kappa shape index (κ3) is 5.73. The van der Waals surface area contributed by atoms with Crippen molar-refractivity contribution in [3.63, 3.8) is 0 Å². The quantitative estimate of drug-likeness (QED) is 0.269. The van der Waals surface area contributed by atoms with Crippen LogP contribution in [0.4, 0.5) is 10.5 Å². The molecule has 9 nitrogen and oxygen atoms in total. The minimum absolute atomic E-state index is 0.191. The number of hydrogen-bond acceptors (Lipinski definition) is 7. The number of nitrogens with one attached hydrogen (secondary N) is 1. The van der Waals surface area contributed by atoms with Crippen molar-refractivity contribution in [1.29, 1.82) is 0 Å². The molecule has 0 radical (unpaired) electrons. The number of rotatable bonds is 8. The molecule has 1 heterocycles. The molecule has 0 unspecified atom stereocenters. The summed E-state index contributed by atoms with van der Waals surface area (Å²) in [5.74, 6) is -1.24. The standard InChI is InChI=1S/C29H26N2O7/c1-4-37-28(34)21-9-11-22(12-10-21)31-27(33)23(26(32)30-29(31)35)15-19-8-13-24(25(16-19)36-3)38-17-20-7-5-6-18(2)14-20/h5-16H,4,17H2,1-3H3,(H,30,32,35)/b23-15+. The summed E-state index contributed by atoms with van der Waals surface area (Å²) in [4.78, 5) is 51.0. The summed E-state index contributed by atoms with van der Waals surface area (Å²) >= 11 is 0. The predicted molar refractivity (Wildman–Crippen MR) is 140 cm³/mol. The number of amides is 4. The van der Waals surface area contributed by atoms with Gasteiger partial charge in [-0.1, -0.05) is 35.9 Å². The molecule has 3 aromatic carbocycles. The molecule has 9 heteroatoms. The van der Waals surface area contributed by atoms with Gasteiger partial charge in [0.05, 0.1) is 25.0 Å². The van der Waals surface area contributed by atoms with Gasteiger partial charge in [-0.3, -0.25) is 14.9 Å². The Labute approximate surface area is 219 Å². The highest BCUT2D eigenvalue weighted by molar-refractivity contribution is 6.39. The Balaban J connectivity index is 1.56. The van der Waals surface area contributed by atoms with E-state index in [-0.39, 0.29) is 23.4 Å². The minimum atomic E-state index is -0.890. The molecule has 3 aromatic rings. The van der Waals surface area contributed by atoms with E-state index in [1.165, 1.54) is 37.5 Å². The fourth-order valence-electron chi connectivity index (χ4n) is 3.88. The molecule has 1 aliphatic rings. The van der Waals surface area contributed by atoms with Gasteiger partial charge in [-0.25, -0.2) is 14.5 Å². The van der Waals surface area contributed by atoms with Gasteiger partial charge in [0.15, 0.2) is 11.5 Å². The Morgan fingerprint density at radius 2 is 1.74 bits per heavy atom. The monoisotopic (exact) mass is 514 g/mol. The number of hydrogen-bond donors (Lipinski definition) is 1. The SMILES string of the molecule is CCOC(=O)c1ccc(N2C(=O)NC(=O)/C(=C\c3ccc(OCc4cccc(C)c4)c(OC)c3)C2=O)cc1. The van der Waals surface area contributed by atoms with Crippen LogP contribution in [0.3, 0.4) is 0 Å². The van der Waals surface area contributed by atoms with E-state index >= 15 is 0 Å². The van der Waals surface area contributed by atoms with E-state index in [9.17, 15) is 19.2 Å². The topological polar surface area (TPSA) is 111 Å². The zero-order valence-corrected chi connectivity index (χ0v) is 21.1. The van der Waals surface area contributed by atoms with E-state index in [1.54, 1.807) is 25.1 Å². The predicted octanol–water partition coefficient (Wildman–Crippen LogP) is 4.43. The van der Waals surface area contributed by atoms with E-state index in [4.69, 9.17) is 14.2 Å². The van der Waals surface area contributed by atoms with Crippen LogP contribution >= 0.6 is 0 Å². The van der Waals surface area contributed by atoms with Crippen LogP contribution in [-0.2, 0) is 20.9 Å². The molecular formula is C29H26N2O7. The maximum atomic E-state index is 13.2. The van der Waals surface area contributed by atoms with Crippen LogP contribution in [0.25, 0.3) is 6.08 Å². The third-order valence-electron chi connectivity index (χ3n) is 5.71. The lowest BCUT2D eigenvalue weighted by Crippen LogP contribution is -2.54. The van der Waals surface area contributed by atoms with Crippen LogP contribution in [0.2, 0.25) is 0 Å². The minimum Gasteiger partial charge on any atom is -0.493 e. The zero-order valence-electron chi connectivity index (χ0n) is 21.1. The molecule has 4 rings (SSSR count). The number of carbonyl (C=O) groups excluding carboxylic acids is 4. The molecule has 194 valence electrons. The molecule has 1 fully saturated rings. The van der Waals surface area contributed by atoms with Gasteiger partial charge in [0, 0.05) is 0 Å². The lowest BCUT2D eigenvalue weighted by molar-refractivity contribution is -0.122. The van der Waals surface area contributed by atoms with Crippen molar-refractivity contribution in [2.24, 2.45) is 0 Å². The van der Waals surface area contributed by atoms with Crippen LogP contribution in [0.15, 0.2) is 72.3 Å². The molecule has 1 N–H and O–H groups in total. The lowest BCUT2D eigenvalue weighted by Gasteiger charge is -2.26. The molecule has 4 amide bonds. The number of esters is 1. The van der Waals surface area contributed by atoms with Crippen molar-refractivity contribution in [1.82, 2.24) is 5.32 Å². The summed E-state index contributed by atoms with van der Waals surface area (Å²) in [6.45, 7) is 4.25. The number of methoxy groups -OCH3 is 1. The molecule has 0 aromatic heterocycles. The van der Waals surface area contributed by atoms with Crippen molar-refractivity contribution in [3.05, 3.63) is 94.6 Å². The van der Waals surface area contributed by atoms with Gasteiger partial charge >= 0.3 is 12.0 Å². The number of aryl methyl sites for hydroxylation is 1. The van der Waals surface area contributed by atoms with Crippen LogP contribution in [0, 0.1) is 6.92 Å². The van der Waals surface area contributed by atoms with E-state index in [0.29, 0.717) is 23.7 Å². The zero-order chi connectivity index (χ0) is 27.2. The molecule has 38 heavy (non-hydrogen) atoms. The van der Waals surface area contributed by atoms with Gasteiger partial charge in [-0.2, -0.15) is 0 Å². The number of carbonyl (C=O) groups is 4. The highest BCUT2D eigenvalue weighted by Crippen LogP contribution is 2.30. The van der Waals surface area contributed by atoms with Crippen LogP contribution in [-0.4, -0.2) is 37.5 Å². The van der Waals surface area contributed by atoms with Crippen molar-refractivity contribution in [2.45, 2.75) is 20.5 Å². The summed E-state index contributed by atoms with van der Waals surface area (Å²) in [5, 5.41) is 2.18. The van der Waals surface area contributed by atoms with Gasteiger partial charge in [-0.05, 0) is 67.4 Å². The van der Waals surface area contributed by atoms with Gasteiger partial charge in [0.25, 0.3) is 11.8 Å². The Hall–Kier alpha value is -4.92. The molecule has 0 aliphatic carbocycles. The lowest BCUT2D eigenvalue weighted by atomic mass is 10.1. The summed E-state index contributed by atoms with van der Waals surface area (Å²) in [7, 11) is 1.49. The van der Waals surface area contributed by atoms with Gasteiger partial charge in [-0.15, -0.1) is 0 Å². The van der Waals surface area contributed by atoms with Crippen LogP contribution < -0.4 is 19.7 Å². The molecule has 0 bridgehead atoms. The van der Waals surface area contributed by atoms with E-state index in [0.717, 1.165) is 16.0 Å². The number of anilines is 1. The smallest absolute Gasteiger partial charge is 0.338 e. The third-order valence-corrected chi connectivity index (χ3v) is 5.71. The summed E-state index contributed by atoms with van der Waals surface area (Å²) < 4.78 is 16.3. The summed E-state index contributed by atoms with van der Waals surface area (Å²) in [6.07, 6.45) is 1.37. The van der Waals surface area contributed by atoms with Crippen molar-refractivity contribution < 1.29 is 33.4 Å². The van der Waals surface area contributed by atoms with E-state index in [1.807, 2.05) is 31.2 Å². The number of benzene rings is 3. The fourth-order valence-corrected chi connectivity index (χ4v) is 3.88. The number of urea groups is 1. The first-order chi connectivity index (χ1) is 18.3. The molecule has 0 saturated carbocycles. The molecule has 1 aliphatic heterocycles. The van der Waals surface area contributed by atoms with Gasteiger partial charge in [0.1, 0.15) is 12.2 Å². The molecule has 0 atom stereocenters. The Morgan fingerprint density at radius 3 is 2.42 bits per heavy atom. The van der Waals surface area contributed by atoms with Crippen molar-refractivity contribution in [3.8, 4) is 11.5 Å². The second kappa shape index (κ2) is 11.4. The number of nitrogens with zero attached hydrogens (tertiary/aromatic N) is 1. The average molecular weight is 515 g/mol. The Morgan fingerprint density at radius 1 is 0.974 bits per heavy atom. The largest absolute Gasteiger partial charge is 0.493 e. The second-order valence-corrected chi connectivity index (χ2v) is 8.41. The first kappa shape index (κ1) is 26.2. The fraction of sp³-hybridized carbons (Fsp3) is 0.172. The van der Waals surface area contributed by atoms with E-state index < -0.39 is 23.8 Å². The van der Waals surface area contributed by atoms with E-state index in [2.05, 4.69) is 5.32 Å². The summed E-state index contributed by atoms with van der Waals surface area (Å²) in [6, 6.07) is 17.8.